The maximum absolute atomic E-state index is 12.0. The number of benzene rings is 1. The Hall–Kier alpha value is -1.35. The van der Waals surface area contributed by atoms with Crippen molar-refractivity contribution in [2.45, 2.75) is 19.3 Å². The zero-order chi connectivity index (χ0) is 12.1. The van der Waals surface area contributed by atoms with Gasteiger partial charge in [0.1, 0.15) is 11.5 Å². The van der Waals surface area contributed by atoms with Gasteiger partial charge in [-0.05, 0) is 30.5 Å². The molecule has 1 atom stereocenters. The summed E-state index contributed by atoms with van der Waals surface area (Å²) in [6.45, 7) is 1.39. The van der Waals surface area contributed by atoms with Crippen molar-refractivity contribution >= 4 is 5.78 Å². The summed E-state index contributed by atoms with van der Waals surface area (Å²) in [5.41, 5.74) is 1.04. The first-order chi connectivity index (χ1) is 8.29. The number of carbonyl (C=O) groups is 1. The van der Waals surface area contributed by atoms with Gasteiger partial charge >= 0.3 is 0 Å². The largest absolute Gasteiger partial charge is 0.497 e. The number of rotatable bonds is 4. The number of carbonyl (C=O) groups excluding carboxylic acids is 1. The molecule has 1 aromatic carbocycles. The van der Waals surface area contributed by atoms with E-state index in [4.69, 9.17) is 9.47 Å². The smallest absolute Gasteiger partial charge is 0.142 e. The van der Waals surface area contributed by atoms with Gasteiger partial charge in [0, 0.05) is 18.9 Å². The molecular weight excluding hydrogens is 216 g/mol. The Balaban J connectivity index is 1.92. The fourth-order valence-electron chi connectivity index (χ4n) is 2.08. The van der Waals surface area contributed by atoms with E-state index in [1.165, 1.54) is 0 Å². The number of hydrogen-bond acceptors (Lipinski definition) is 3. The Morgan fingerprint density at radius 2 is 2.18 bits per heavy atom. The zero-order valence-electron chi connectivity index (χ0n) is 10.1. The average Bonchev–Trinajstić information content (AvgIpc) is 2.40. The molecule has 3 nitrogen and oxygen atoms in total. The topological polar surface area (TPSA) is 35.5 Å². The number of Topliss-reactive ketones (excluding diaryl/α,β-unsaturated/α-hetero) is 1. The third-order valence-corrected chi connectivity index (χ3v) is 3.15. The number of ketones is 1. The summed E-state index contributed by atoms with van der Waals surface area (Å²) in [5, 5.41) is 0. The van der Waals surface area contributed by atoms with E-state index in [9.17, 15) is 4.79 Å². The highest BCUT2D eigenvalue weighted by Crippen LogP contribution is 2.18. The molecule has 92 valence electrons. The summed E-state index contributed by atoms with van der Waals surface area (Å²) in [7, 11) is 1.64. The molecule has 1 aromatic rings. The first kappa shape index (κ1) is 12.1. The summed E-state index contributed by atoms with van der Waals surface area (Å²) < 4.78 is 10.4. The van der Waals surface area contributed by atoms with Crippen molar-refractivity contribution in [3.63, 3.8) is 0 Å². The fourth-order valence-corrected chi connectivity index (χ4v) is 2.08. The lowest BCUT2D eigenvalue weighted by molar-refractivity contribution is -0.126. The van der Waals surface area contributed by atoms with Gasteiger partial charge in [-0.2, -0.15) is 0 Å². The van der Waals surface area contributed by atoms with Crippen LogP contribution in [0, 0.1) is 5.92 Å². The van der Waals surface area contributed by atoms with Crippen molar-refractivity contribution in [2.75, 3.05) is 20.3 Å². The molecule has 3 heteroatoms. The highest BCUT2D eigenvalue weighted by atomic mass is 16.5. The monoisotopic (exact) mass is 234 g/mol. The SMILES string of the molecule is COc1ccc(CC(=O)C2CCCOC2)cc1. The summed E-state index contributed by atoms with van der Waals surface area (Å²) >= 11 is 0. The molecule has 0 radical (unpaired) electrons. The van der Waals surface area contributed by atoms with Crippen LogP contribution in [0.5, 0.6) is 5.75 Å². The molecule has 1 aliphatic heterocycles. The van der Waals surface area contributed by atoms with Crippen molar-refractivity contribution in [2.24, 2.45) is 5.92 Å². The van der Waals surface area contributed by atoms with E-state index >= 15 is 0 Å². The Labute approximate surface area is 102 Å². The third-order valence-electron chi connectivity index (χ3n) is 3.15. The molecule has 0 bridgehead atoms. The molecule has 0 N–H and O–H groups in total. The van der Waals surface area contributed by atoms with Crippen LogP contribution in [-0.2, 0) is 16.0 Å². The normalized spacial score (nSPS) is 19.9. The highest BCUT2D eigenvalue weighted by Gasteiger charge is 2.21. The standard InChI is InChI=1S/C14H18O3/c1-16-13-6-4-11(5-7-13)9-14(15)12-3-2-8-17-10-12/h4-7,12H,2-3,8-10H2,1H3. The van der Waals surface area contributed by atoms with E-state index in [1.54, 1.807) is 7.11 Å². The zero-order valence-corrected chi connectivity index (χ0v) is 10.1. The van der Waals surface area contributed by atoms with E-state index in [0.717, 1.165) is 30.8 Å². The fraction of sp³-hybridized carbons (Fsp3) is 0.500. The van der Waals surface area contributed by atoms with Crippen LogP contribution in [0.4, 0.5) is 0 Å². The lowest BCUT2D eigenvalue weighted by Gasteiger charge is -2.20. The van der Waals surface area contributed by atoms with Crippen LogP contribution < -0.4 is 4.74 Å². The predicted molar refractivity (Wildman–Crippen MR) is 65.2 cm³/mol. The molecule has 0 aromatic heterocycles. The Bertz CT molecular complexity index is 364. The van der Waals surface area contributed by atoms with Crippen LogP contribution in [0.2, 0.25) is 0 Å². The minimum absolute atomic E-state index is 0.0888. The molecule has 0 saturated carbocycles. The first-order valence-corrected chi connectivity index (χ1v) is 6.03. The molecule has 0 amide bonds. The van der Waals surface area contributed by atoms with Crippen molar-refractivity contribution in [1.82, 2.24) is 0 Å². The summed E-state index contributed by atoms with van der Waals surface area (Å²) in [5.74, 6) is 1.20. The molecule has 17 heavy (non-hydrogen) atoms. The second kappa shape index (κ2) is 5.82. The van der Waals surface area contributed by atoms with E-state index in [0.29, 0.717) is 13.0 Å². The minimum atomic E-state index is 0.0888. The number of methoxy groups -OCH3 is 1. The van der Waals surface area contributed by atoms with Crippen LogP contribution >= 0.6 is 0 Å². The Kier molecular flexibility index (Phi) is 4.15. The molecule has 1 saturated heterocycles. The van der Waals surface area contributed by atoms with Crippen molar-refractivity contribution in [3.05, 3.63) is 29.8 Å². The molecular formula is C14H18O3. The maximum atomic E-state index is 12.0. The van der Waals surface area contributed by atoms with Gasteiger partial charge in [0.25, 0.3) is 0 Å². The molecule has 0 aliphatic carbocycles. The van der Waals surface area contributed by atoms with Gasteiger partial charge in [-0.15, -0.1) is 0 Å². The average molecular weight is 234 g/mol. The van der Waals surface area contributed by atoms with Crippen LogP contribution in [0.3, 0.4) is 0 Å². The van der Waals surface area contributed by atoms with E-state index in [-0.39, 0.29) is 11.7 Å². The molecule has 2 rings (SSSR count). The van der Waals surface area contributed by atoms with Gasteiger partial charge in [-0.25, -0.2) is 0 Å². The summed E-state index contributed by atoms with van der Waals surface area (Å²) in [4.78, 5) is 12.0. The molecule has 1 fully saturated rings. The Morgan fingerprint density at radius 3 is 2.76 bits per heavy atom. The summed E-state index contributed by atoms with van der Waals surface area (Å²) in [6.07, 6.45) is 2.46. The molecule has 1 unspecified atom stereocenters. The van der Waals surface area contributed by atoms with E-state index < -0.39 is 0 Å². The highest BCUT2D eigenvalue weighted by molar-refractivity contribution is 5.83. The van der Waals surface area contributed by atoms with E-state index in [2.05, 4.69) is 0 Å². The van der Waals surface area contributed by atoms with Gasteiger partial charge in [0.05, 0.1) is 13.7 Å². The predicted octanol–water partition coefficient (Wildman–Crippen LogP) is 2.23. The van der Waals surface area contributed by atoms with Gasteiger partial charge in [0.2, 0.25) is 0 Å². The van der Waals surface area contributed by atoms with Crippen LogP contribution in [0.1, 0.15) is 18.4 Å². The molecule has 0 spiro atoms. The minimum Gasteiger partial charge on any atom is -0.497 e. The second-order valence-corrected chi connectivity index (χ2v) is 4.41. The molecule has 1 heterocycles. The summed E-state index contributed by atoms with van der Waals surface area (Å²) in [6, 6.07) is 7.67. The van der Waals surface area contributed by atoms with Gasteiger partial charge in [-0.3, -0.25) is 4.79 Å². The van der Waals surface area contributed by atoms with Crippen molar-refractivity contribution in [3.8, 4) is 5.75 Å². The Morgan fingerprint density at radius 1 is 1.41 bits per heavy atom. The van der Waals surface area contributed by atoms with Gasteiger partial charge in [-0.1, -0.05) is 12.1 Å². The number of hydrogen-bond donors (Lipinski definition) is 0. The van der Waals surface area contributed by atoms with Gasteiger partial charge in [0.15, 0.2) is 0 Å². The molecule has 1 aliphatic rings. The number of ether oxygens (including phenoxy) is 2. The van der Waals surface area contributed by atoms with Crippen LogP contribution in [0.25, 0.3) is 0 Å². The lowest BCUT2D eigenvalue weighted by atomic mass is 9.93. The van der Waals surface area contributed by atoms with Crippen LogP contribution in [-0.4, -0.2) is 26.1 Å². The third kappa shape index (κ3) is 3.30. The van der Waals surface area contributed by atoms with E-state index in [1.807, 2.05) is 24.3 Å². The lowest BCUT2D eigenvalue weighted by Crippen LogP contribution is -2.26. The first-order valence-electron chi connectivity index (χ1n) is 6.03. The van der Waals surface area contributed by atoms with Crippen molar-refractivity contribution in [1.29, 1.82) is 0 Å². The van der Waals surface area contributed by atoms with Crippen molar-refractivity contribution < 1.29 is 14.3 Å². The quantitative estimate of drug-likeness (QED) is 0.801. The van der Waals surface area contributed by atoms with Crippen LogP contribution in [0.15, 0.2) is 24.3 Å². The maximum Gasteiger partial charge on any atom is 0.142 e. The van der Waals surface area contributed by atoms with Gasteiger partial charge < -0.3 is 9.47 Å². The second-order valence-electron chi connectivity index (χ2n) is 4.41.